The zero-order valence-corrected chi connectivity index (χ0v) is 10.2. The molecule has 0 aromatic heterocycles. The number of carbonyl (C=O) groups excluding carboxylic acids is 1. The molecule has 16 heavy (non-hydrogen) atoms. The van der Waals surface area contributed by atoms with Crippen LogP contribution in [-0.4, -0.2) is 53.4 Å². The Morgan fingerprint density at radius 3 is 2.44 bits per heavy atom. The Morgan fingerprint density at radius 2 is 1.94 bits per heavy atom. The molecule has 2 N–H and O–H groups in total. The minimum atomic E-state index is -0.308. The number of urea groups is 1. The average Bonchev–Trinajstić information content (AvgIpc) is 2.43. The van der Waals surface area contributed by atoms with Gasteiger partial charge in [0.15, 0.2) is 0 Å². The molecule has 0 aromatic carbocycles. The zero-order valence-electron chi connectivity index (χ0n) is 10.2. The number of nitrogens with zero attached hydrogens (tertiary/aromatic N) is 3. The summed E-state index contributed by atoms with van der Waals surface area (Å²) in [4.78, 5) is 19.9. The summed E-state index contributed by atoms with van der Waals surface area (Å²) < 4.78 is 0. The van der Waals surface area contributed by atoms with Gasteiger partial charge in [0.05, 0.1) is 0 Å². The van der Waals surface area contributed by atoms with Gasteiger partial charge in [-0.25, -0.2) is 4.79 Å². The van der Waals surface area contributed by atoms with E-state index in [4.69, 9.17) is 5.73 Å². The Kier molecular flexibility index (Phi) is 2.66. The molecule has 1 saturated heterocycles. The zero-order chi connectivity index (χ0) is 11.9. The molecule has 5 heteroatoms. The summed E-state index contributed by atoms with van der Waals surface area (Å²) in [5.74, 6) is 0.513. The Hall–Kier alpha value is -1.10. The first kappa shape index (κ1) is 11.4. The predicted molar refractivity (Wildman–Crippen MR) is 63.5 cm³/mol. The lowest BCUT2D eigenvalue weighted by Gasteiger charge is -2.45. The van der Waals surface area contributed by atoms with Gasteiger partial charge < -0.3 is 15.5 Å². The Balaban J connectivity index is 2.30. The summed E-state index contributed by atoms with van der Waals surface area (Å²) in [7, 11) is 2.09. The molecule has 2 aliphatic heterocycles. The number of hydrogen-bond acceptors (Lipinski definition) is 3. The van der Waals surface area contributed by atoms with E-state index in [9.17, 15) is 4.79 Å². The van der Waals surface area contributed by atoms with Gasteiger partial charge >= 0.3 is 6.03 Å². The van der Waals surface area contributed by atoms with E-state index < -0.39 is 0 Å². The molecule has 2 heterocycles. The molecular formula is C11H20N4O. The van der Waals surface area contributed by atoms with E-state index >= 15 is 0 Å². The van der Waals surface area contributed by atoms with Crippen LogP contribution in [0.1, 0.15) is 26.7 Å². The third kappa shape index (κ3) is 1.50. The number of likely N-dealkylation sites (tertiary alicyclic amines) is 1. The van der Waals surface area contributed by atoms with Crippen LogP contribution < -0.4 is 5.73 Å². The molecule has 0 radical (unpaired) electrons. The average molecular weight is 224 g/mol. The number of nitrogens with two attached hydrogens (primary N) is 1. The van der Waals surface area contributed by atoms with Gasteiger partial charge in [0.1, 0.15) is 11.4 Å². The third-order valence-corrected chi connectivity index (χ3v) is 3.69. The highest BCUT2D eigenvalue weighted by Crippen LogP contribution is 2.35. The first-order valence-electron chi connectivity index (χ1n) is 5.84. The number of amides is 2. The smallest absolute Gasteiger partial charge is 0.346 e. The second-order valence-electron chi connectivity index (χ2n) is 5.08. The van der Waals surface area contributed by atoms with Crippen molar-refractivity contribution in [3.63, 3.8) is 0 Å². The minimum absolute atomic E-state index is 0.153. The number of piperidine rings is 1. The molecule has 2 amide bonds. The molecule has 0 aromatic rings. The van der Waals surface area contributed by atoms with Crippen molar-refractivity contribution >= 4 is 11.9 Å². The first-order chi connectivity index (χ1) is 7.47. The quantitative estimate of drug-likeness (QED) is 0.711. The van der Waals surface area contributed by atoms with Crippen molar-refractivity contribution in [3.05, 3.63) is 0 Å². The predicted octanol–water partition coefficient (Wildman–Crippen LogP) is 0.652. The van der Waals surface area contributed by atoms with Gasteiger partial charge in [0.25, 0.3) is 0 Å². The van der Waals surface area contributed by atoms with Gasteiger partial charge in [-0.3, -0.25) is 0 Å². The molecule has 2 aliphatic rings. The Bertz CT molecular complexity index is 329. The largest absolute Gasteiger partial charge is 0.385 e. The molecule has 0 saturated carbocycles. The van der Waals surface area contributed by atoms with E-state index in [1.807, 2.05) is 18.7 Å². The Labute approximate surface area is 96.3 Å². The van der Waals surface area contributed by atoms with Gasteiger partial charge in [0, 0.05) is 19.1 Å². The van der Waals surface area contributed by atoms with Gasteiger partial charge in [-0.05, 0) is 33.7 Å². The first-order valence-corrected chi connectivity index (χ1v) is 5.84. The minimum Gasteiger partial charge on any atom is -0.385 e. The van der Waals surface area contributed by atoms with Crippen molar-refractivity contribution in [3.8, 4) is 0 Å². The number of rotatable bonds is 1. The van der Waals surface area contributed by atoms with E-state index in [0.717, 1.165) is 25.9 Å². The van der Waals surface area contributed by atoms with Crippen LogP contribution in [-0.2, 0) is 0 Å². The molecular weight excluding hydrogens is 204 g/mol. The lowest BCUT2D eigenvalue weighted by Crippen LogP contribution is -2.61. The number of carbonyl (C=O) groups is 1. The second-order valence-corrected chi connectivity index (χ2v) is 5.08. The fourth-order valence-electron chi connectivity index (χ4n) is 2.77. The highest BCUT2D eigenvalue weighted by molar-refractivity contribution is 6.06. The summed E-state index contributed by atoms with van der Waals surface area (Å²) in [5.41, 5.74) is 5.67. The number of hydrogen-bond donors (Lipinski definition) is 1. The van der Waals surface area contributed by atoms with Crippen LogP contribution in [0.4, 0.5) is 4.79 Å². The molecule has 0 atom stereocenters. The summed E-state index contributed by atoms with van der Waals surface area (Å²) >= 11 is 0. The fraction of sp³-hybridized carbons (Fsp3) is 0.818. The number of amidine groups is 1. The van der Waals surface area contributed by atoms with Crippen LogP contribution in [0.5, 0.6) is 0 Å². The Morgan fingerprint density at radius 1 is 1.38 bits per heavy atom. The highest BCUT2D eigenvalue weighted by atomic mass is 16.2. The van der Waals surface area contributed by atoms with Gasteiger partial charge in [0.2, 0.25) is 0 Å². The van der Waals surface area contributed by atoms with Gasteiger partial charge in [-0.15, -0.1) is 0 Å². The van der Waals surface area contributed by atoms with Crippen LogP contribution in [0.2, 0.25) is 0 Å². The summed E-state index contributed by atoms with van der Waals surface area (Å²) in [6.45, 7) is 5.97. The van der Waals surface area contributed by atoms with Crippen LogP contribution in [0.3, 0.4) is 0 Å². The molecule has 1 spiro atoms. The monoisotopic (exact) mass is 224 g/mol. The molecule has 2 rings (SSSR count). The topological polar surface area (TPSA) is 61.9 Å². The molecule has 0 bridgehead atoms. The van der Waals surface area contributed by atoms with Crippen molar-refractivity contribution in [1.29, 1.82) is 0 Å². The normalized spacial score (nSPS) is 25.6. The summed E-state index contributed by atoms with van der Waals surface area (Å²) in [6.07, 6.45) is 1.78. The second kappa shape index (κ2) is 3.73. The van der Waals surface area contributed by atoms with Crippen LogP contribution in [0.15, 0.2) is 4.99 Å². The van der Waals surface area contributed by atoms with Crippen LogP contribution in [0, 0.1) is 0 Å². The SMILES string of the molecule is CC(C)N1C(=O)N=C(N)C12CCN(C)CC2. The lowest BCUT2D eigenvalue weighted by molar-refractivity contribution is 0.0931. The van der Waals surface area contributed by atoms with Crippen molar-refractivity contribution in [2.45, 2.75) is 38.3 Å². The highest BCUT2D eigenvalue weighted by Gasteiger charge is 2.50. The van der Waals surface area contributed by atoms with E-state index in [2.05, 4.69) is 16.9 Å². The van der Waals surface area contributed by atoms with Crippen LogP contribution in [0.25, 0.3) is 0 Å². The standard InChI is InChI=1S/C11H20N4O/c1-8(2)15-10(16)13-9(12)11(15)4-6-14(3)7-5-11/h8H,4-7H2,1-3H3,(H2,12,13,16). The van der Waals surface area contributed by atoms with E-state index in [1.54, 1.807) is 0 Å². The molecule has 0 aliphatic carbocycles. The van der Waals surface area contributed by atoms with Crippen molar-refractivity contribution in [1.82, 2.24) is 9.80 Å². The van der Waals surface area contributed by atoms with Crippen molar-refractivity contribution < 1.29 is 4.79 Å². The molecule has 1 fully saturated rings. The maximum atomic E-state index is 11.8. The maximum absolute atomic E-state index is 11.8. The number of aliphatic imine (C=N–C) groups is 1. The fourth-order valence-corrected chi connectivity index (χ4v) is 2.77. The van der Waals surface area contributed by atoms with Gasteiger partial charge in [-0.2, -0.15) is 4.99 Å². The van der Waals surface area contributed by atoms with Gasteiger partial charge in [-0.1, -0.05) is 0 Å². The molecule has 90 valence electrons. The third-order valence-electron chi connectivity index (χ3n) is 3.69. The summed E-state index contributed by atoms with van der Waals surface area (Å²) in [5, 5.41) is 0. The summed E-state index contributed by atoms with van der Waals surface area (Å²) in [6, 6.07) is -0.0160. The maximum Gasteiger partial charge on any atom is 0.346 e. The van der Waals surface area contributed by atoms with Crippen LogP contribution >= 0.6 is 0 Å². The van der Waals surface area contributed by atoms with E-state index in [-0.39, 0.29) is 17.6 Å². The van der Waals surface area contributed by atoms with Crippen molar-refractivity contribution in [2.75, 3.05) is 20.1 Å². The van der Waals surface area contributed by atoms with E-state index in [1.165, 1.54) is 0 Å². The van der Waals surface area contributed by atoms with E-state index in [0.29, 0.717) is 5.84 Å². The molecule has 5 nitrogen and oxygen atoms in total. The van der Waals surface area contributed by atoms with Crippen molar-refractivity contribution in [2.24, 2.45) is 10.7 Å². The molecule has 0 unspecified atom stereocenters. The lowest BCUT2D eigenvalue weighted by atomic mass is 9.85.